The second-order valence-corrected chi connectivity index (χ2v) is 3.67. The number of rotatable bonds is 7. The van der Waals surface area contributed by atoms with E-state index in [1.807, 2.05) is 38.3 Å². The number of hydrogen-bond donors (Lipinski definition) is 1. The van der Waals surface area contributed by atoms with E-state index in [1.165, 1.54) is 5.57 Å². The van der Waals surface area contributed by atoms with E-state index in [4.69, 9.17) is 0 Å². The maximum absolute atomic E-state index is 3.84. The molecule has 1 nitrogen and oxygen atoms in total. The summed E-state index contributed by atoms with van der Waals surface area (Å²) in [4.78, 5) is 0. The van der Waals surface area contributed by atoms with Crippen LogP contribution in [0.5, 0.6) is 0 Å². The Morgan fingerprint density at radius 3 is 2.24 bits per heavy atom. The molecule has 0 unspecified atom stereocenters. The van der Waals surface area contributed by atoms with Crippen LogP contribution in [-0.2, 0) is 0 Å². The lowest BCUT2D eigenvalue weighted by Gasteiger charge is -2.01. The zero-order chi connectivity index (χ0) is 13.1. The van der Waals surface area contributed by atoms with E-state index >= 15 is 0 Å². The summed E-state index contributed by atoms with van der Waals surface area (Å²) in [5.74, 6) is 0. The summed E-state index contributed by atoms with van der Waals surface area (Å²) in [5.41, 5.74) is 3.37. The monoisotopic (exact) mass is 229 g/mol. The van der Waals surface area contributed by atoms with Crippen molar-refractivity contribution in [2.75, 3.05) is 13.6 Å². The van der Waals surface area contributed by atoms with E-state index in [-0.39, 0.29) is 0 Å². The van der Waals surface area contributed by atoms with Crippen molar-refractivity contribution in [1.82, 2.24) is 5.32 Å². The van der Waals surface area contributed by atoms with Gasteiger partial charge in [-0.3, -0.25) is 0 Å². The third-order valence-corrected chi connectivity index (χ3v) is 2.21. The fourth-order valence-corrected chi connectivity index (χ4v) is 1.38. The van der Waals surface area contributed by atoms with Crippen molar-refractivity contribution in [3.63, 3.8) is 0 Å². The smallest absolute Gasteiger partial charge is 0.0135 e. The van der Waals surface area contributed by atoms with Crippen molar-refractivity contribution >= 4 is 0 Å². The molecule has 0 aliphatic carbocycles. The first-order valence-electron chi connectivity index (χ1n) is 5.80. The van der Waals surface area contributed by atoms with Gasteiger partial charge in [0.2, 0.25) is 0 Å². The number of likely N-dealkylation sites (N-methyl/N-ethyl adjacent to an activating group) is 1. The van der Waals surface area contributed by atoms with Crippen LogP contribution in [0.15, 0.2) is 72.4 Å². The van der Waals surface area contributed by atoms with Crippen molar-refractivity contribution in [3.05, 3.63) is 72.4 Å². The number of nitrogens with one attached hydrogen (secondary N) is 1. The first-order valence-corrected chi connectivity index (χ1v) is 5.80. The maximum Gasteiger partial charge on any atom is 0.0135 e. The van der Waals surface area contributed by atoms with Crippen LogP contribution in [0.4, 0.5) is 0 Å². The van der Waals surface area contributed by atoms with Gasteiger partial charge < -0.3 is 5.32 Å². The van der Waals surface area contributed by atoms with Crippen LogP contribution in [-0.4, -0.2) is 13.6 Å². The summed E-state index contributed by atoms with van der Waals surface area (Å²) in [6, 6.07) is 0. The fourth-order valence-electron chi connectivity index (χ4n) is 1.38. The van der Waals surface area contributed by atoms with Gasteiger partial charge in [0, 0.05) is 6.54 Å². The van der Waals surface area contributed by atoms with Gasteiger partial charge in [0.05, 0.1) is 0 Å². The normalized spacial score (nSPS) is 14.2. The minimum atomic E-state index is 0.876. The Hall–Kier alpha value is -1.60. The highest BCUT2D eigenvalue weighted by Crippen LogP contribution is 2.13. The summed E-state index contributed by atoms with van der Waals surface area (Å²) in [7, 11) is 1.93. The van der Waals surface area contributed by atoms with Gasteiger partial charge in [-0.15, -0.1) is 0 Å². The first kappa shape index (κ1) is 15.4. The molecule has 17 heavy (non-hydrogen) atoms. The van der Waals surface area contributed by atoms with Gasteiger partial charge in [0.1, 0.15) is 0 Å². The molecular formula is C16H23N. The molecule has 0 radical (unpaired) electrons. The van der Waals surface area contributed by atoms with Gasteiger partial charge in [0.15, 0.2) is 0 Å². The second kappa shape index (κ2) is 9.61. The van der Waals surface area contributed by atoms with Gasteiger partial charge in [0.25, 0.3) is 0 Å². The third-order valence-electron chi connectivity index (χ3n) is 2.21. The molecule has 0 fully saturated rings. The molecule has 92 valence electrons. The van der Waals surface area contributed by atoms with Gasteiger partial charge in [-0.1, -0.05) is 61.3 Å². The number of allylic oxidation sites excluding steroid dienone is 9. The summed E-state index contributed by atoms with van der Waals surface area (Å²) < 4.78 is 0. The van der Waals surface area contributed by atoms with Crippen LogP contribution >= 0.6 is 0 Å². The third kappa shape index (κ3) is 6.54. The van der Waals surface area contributed by atoms with Gasteiger partial charge >= 0.3 is 0 Å². The molecule has 0 heterocycles. The molecule has 1 heteroatoms. The molecule has 1 N–H and O–H groups in total. The van der Waals surface area contributed by atoms with Gasteiger partial charge in [-0.25, -0.2) is 0 Å². The lowest BCUT2D eigenvalue weighted by Crippen LogP contribution is -2.03. The minimum absolute atomic E-state index is 0.876. The molecule has 0 aromatic carbocycles. The van der Waals surface area contributed by atoms with Crippen molar-refractivity contribution in [1.29, 1.82) is 0 Å². The topological polar surface area (TPSA) is 12.0 Å². The van der Waals surface area contributed by atoms with E-state index in [1.54, 1.807) is 0 Å². The van der Waals surface area contributed by atoms with E-state index in [9.17, 15) is 0 Å². The van der Waals surface area contributed by atoms with Gasteiger partial charge in [-0.2, -0.15) is 0 Å². The minimum Gasteiger partial charge on any atom is -0.316 e. The van der Waals surface area contributed by atoms with Crippen molar-refractivity contribution in [2.45, 2.75) is 13.8 Å². The zero-order valence-corrected chi connectivity index (χ0v) is 11.2. The molecule has 0 saturated heterocycles. The highest BCUT2D eigenvalue weighted by Gasteiger charge is 1.94. The standard InChI is InChI=1S/C16H23N/c1-6-10-15(7-2)16(8-3)13-14(4)11-9-12-17-5/h6-11,13,17H,2-3,12H2,1,4-5H3/b10-6-,11-9-,14-13+,16-15+. The SMILES string of the molecule is C=CC(/C=C\C)=C(C=C)\C=C(C)\C=C/CNC. The number of hydrogen-bond acceptors (Lipinski definition) is 1. The largest absolute Gasteiger partial charge is 0.316 e. The summed E-state index contributed by atoms with van der Waals surface area (Å²) in [5, 5.41) is 3.07. The lowest BCUT2D eigenvalue weighted by molar-refractivity contribution is 0.919. The maximum atomic E-state index is 3.84. The molecule has 0 amide bonds. The van der Waals surface area contributed by atoms with Crippen LogP contribution in [0.3, 0.4) is 0 Å². The Balaban J connectivity index is 5.07. The predicted molar refractivity (Wildman–Crippen MR) is 79.1 cm³/mol. The van der Waals surface area contributed by atoms with Crippen LogP contribution < -0.4 is 5.32 Å². The molecule has 0 spiro atoms. The molecule has 0 rings (SSSR count). The summed E-state index contributed by atoms with van der Waals surface area (Å²) in [6.45, 7) is 12.6. The Kier molecular flexibility index (Phi) is 8.71. The lowest BCUT2D eigenvalue weighted by atomic mass is 10.0. The van der Waals surface area contributed by atoms with Crippen LogP contribution in [0.1, 0.15) is 13.8 Å². The second-order valence-electron chi connectivity index (χ2n) is 3.67. The van der Waals surface area contributed by atoms with Crippen molar-refractivity contribution in [3.8, 4) is 0 Å². The summed E-state index contributed by atoms with van der Waals surface area (Å²) >= 11 is 0. The quantitative estimate of drug-likeness (QED) is 0.652. The first-order chi connectivity index (χ1) is 8.19. The van der Waals surface area contributed by atoms with E-state index in [0.717, 1.165) is 17.7 Å². The molecule has 0 aliphatic heterocycles. The molecule has 0 aromatic rings. The average molecular weight is 229 g/mol. The molecular weight excluding hydrogens is 206 g/mol. The van der Waals surface area contributed by atoms with Crippen LogP contribution in [0.25, 0.3) is 0 Å². The van der Waals surface area contributed by atoms with E-state index in [2.05, 4.69) is 43.6 Å². The molecule has 0 atom stereocenters. The van der Waals surface area contributed by atoms with Crippen LogP contribution in [0.2, 0.25) is 0 Å². The van der Waals surface area contributed by atoms with Crippen molar-refractivity contribution in [2.24, 2.45) is 0 Å². The Bertz CT molecular complexity index is 365. The highest BCUT2D eigenvalue weighted by molar-refractivity contribution is 5.47. The Morgan fingerprint density at radius 2 is 1.76 bits per heavy atom. The molecule has 0 bridgehead atoms. The van der Waals surface area contributed by atoms with Gasteiger partial charge in [-0.05, 0) is 32.0 Å². The molecule has 0 aliphatic rings. The predicted octanol–water partition coefficient (Wildman–Crippen LogP) is 3.95. The van der Waals surface area contributed by atoms with Crippen LogP contribution in [0, 0.1) is 0 Å². The van der Waals surface area contributed by atoms with E-state index in [0.29, 0.717) is 0 Å². The Labute approximate surface area is 106 Å². The average Bonchev–Trinajstić information content (AvgIpc) is 2.33. The fraction of sp³-hybridized carbons (Fsp3) is 0.250. The molecule has 0 aromatic heterocycles. The zero-order valence-electron chi connectivity index (χ0n) is 11.2. The van der Waals surface area contributed by atoms with Crippen molar-refractivity contribution < 1.29 is 0 Å². The summed E-state index contributed by atoms with van der Waals surface area (Å²) in [6.07, 6.45) is 14.0. The Morgan fingerprint density at radius 1 is 1.12 bits per heavy atom. The highest BCUT2D eigenvalue weighted by atomic mass is 14.8. The molecule has 0 saturated carbocycles. The van der Waals surface area contributed by atoms with E-state index < -0.39 is 0 Å².